The highest BCUT2D eigenvalue weighted by Crippen LogP contribution is 2.30. The number of hydrogen-bond acceptors (Lipinski definition) is 6. The molecule has 1 aliphatic rings. The van der Waals surface area contributed by atoms with Crippen LogP contribution in [0.25, 0.3) is 11.1 Å². The highest BCUT2D eigenvalue weighted by atomic mass is 32.2. The number of ether oxygens (including phenoxy) is 1. The Morgan fingerprint density at radius 3 is 2.13 bits per heavy atom. The molecule has 0 unspecified atom stereocenters. The number of carbonyl (C=O) groups is 2. The predicted octanol–water partition coefficient (Wildman–Crippen LogP) is 5.12. The Morgan fingerprint density at radius 2 is 1.62 bits per heavy atom. The minimum atomic E-state index is -3.26. The lowest BCUT2D eigenvalue weighted by molar-refractivity contribution is -0.131. The monoisotopic (exact) mass is 553 g/mol. The highest BCUT2D eigenvalue weighted by Gasteiger charge is 2.42. The van der Waals surface area contributed by atoms with Gasteiger partial charge in [-0.05, 0) is 75.3 Å². The lowest BCUT2D eigenvalue weighted by Gasteiger charge is -2.43. The van der Waals surface area contributed by atoms with Crippen LogP contribution < -0.4 is 5.32 Å². The van der Waals surface area contributed by atoms with E-state index >= 15 is 0 Å². The molecule has 9 heteroatoms. The molecule has 2 amide bonds. The number of piperidine rings is 1. The molecule has 0 saturated carbocycles. The lowest BCUT2D eigenvalue weighted by Crippen LogP contribution is -2.60. The van der Waals surface area contributed by atoms with Crippen LogP contribution in [0.2, 0.25) is 0 Å². The van der Waals surface area contributed by atoms with E-state index in [0.29, 0.717) is 11.3 Å². The van der Waals surface area contributed by atoms with E-state index in [4.69, 9.17) is 4.74 Å². The summed E-state index contributed by atoms with van der Waals surface area (Å²) in [4.78, 5) is 28.2. The first-order valence-electron chi connectivity index (χ1n) is 13.4. The normalized spacial score (nSPS) is 20.5. The summed E-state index contributed by atoms with van der Waals surface area (Å²) in [5, 5.41) is 12.7. The quantitative estimate of drug-likeness (QED) is 0.509. The van der Waals surface area contributed by atoms with E-state index in [0.717, 1.165) is 29.5 Å². The number of nitrogens with zero attached hydrogens (tertiary/aromatic N) is 2. The molecule has 0 bridgehead atoms. The van der Waals surface area contributed by atoms with E-state index in [9.17, 15) is 23.3 Å². The van der Waals surface area contributed by atoms with Crippen molar-refractivity contribution in [3.8, 4) is 17.2 Å². The molecule has 4 atom stereocenters. The molecule has 1 N–H and O–H groups in total. The van der Waals surface area contributed by atoms with Crippen molar-refractivity contribution in [2.24, 2.45) is 5.92 Å². The maximum atomic E-state index is 13.4. The van der Waals surface area contributed by atoms with E-state index in [2.05, 4.69) is 11.4 Å². The van der Waals surface area contributed by atoms with Crippen molar-refractivity contribution in [3.05, 3.63) is 54.1 Å². The van der Waals surface area contributed by atoms with Crippen molar-refractivity contribution in [1.29, 1.82) is 5.26 Å². The Labute approximate surface area is 232 Å². The average Bonchev–Trinajstić information content (AvgIpc) is 2.88. The maximum absolute atomic E-state index is 13.4. The molecule has 39 heavy (non-hydrogen) atoms. The van der Waals surface area contributed by atoms with Crippen LogP contribution in [0.4, 0.5) is 4.79 Å². The van der Waals surface area contributed by atoms with Gasteiger partial charge in [-0.1, -0.05) is 50.2 Å². The minimum Gasteiger partial charge on any atom is -0.444 e. The van der Waals surface area contributed by atoms with Gasteiger partial charge >= 0.3 is 6.09 Å². The van der Waals surface area contributed by atoms with Crippen LogP contribution in [0.1, 0.15) is 59.9 Å². The number of nitrogens with one attached hydrogen (secondary N) is 1. The van der Waals surface area contributed by atoms with Gasteiger partial charge in [0.15, 0.2) is 9.84 Å². The Kier molecular flexibility index (Phi) is 9.44. The van der Waals surface area contributed by atoms with Gasteiger partial charge in [-0.25, -0.2) is 13.2 Å². The second-order valence-electron chi connectivity index (χ2n) is 11.3. The largest absolute Gasteiger partial charge is 0.444 e. The van der Waals surface area contributed by atoms with Crippen LogP contribution in [-0.4, -0.2) is 54.8 Å². The highest BCUT2D eigenvalue weighted by molar-refractivity contribution is 7.91. The molecule has 8 nitrogen and oxygen atoms in total. The lowest BCUT2D eigenvalue weighted by atomic mass is 9.86. The standard InChI is InChI=1S/C30H39N3O5S/c1-7-39(36,37)26-16-14-24(15-17-26)23-12-10-22(11-13-23)18-25(19-31)32-28(34)27-20(2)8-9-21(3)33(27)29(35)38-30(4,5)6/h10-17,20-21,25,27H,7-9,18H2,1-6H3,(H,32,34)/t20-,21+,25+,27+/m1/s1. The fourth-order valence-corrected chi connectivity index (χ4v) is 5.70. The number of hydrogen-bond donors (Lipinski definition) is 1. The van der Waals surface area contributed by atoms with Gasteiger partial charge in [0.25, 0.3) is 0 Å². The molecule has 2 aromatic rings. The Bertz CT molecular complexity index is 1310. The first-order valence-corrected chi connectivity index (χ1v) is 15.0. The van der Waals surface area contributed by atoms with Gasteiger partial charge in [-0.3, -0.25) is 9.69 Å². The molecule has 0 spiro atoms. The molecule has 1 fully saturated rings. The molecule has 1 saturated heterocycles. The fraction of sp³-hybridized carbons (Fsp3) is 0.500. The van der Waals surface area contributed by atoms with E-state index < -0.39 is 33.6 Å². The zero-order valence-electron chi connectivity index (χ0n) is 23.6. The van der Waals surface area contributed by atoms with Crippen LogP contribution in [-0.2, 0) is 25.8 Å². The van der Waals surface area contributed by atoms with Crippen LogP contribution in [0, 0.1) is 17.2 Å². The van der Waals surface area contributed by atoms with Crippen molar-refractivity contribution in [3.63, 3.8) is 0 Å². The van der Waals surface area contributed by atoms with Gasteiger partial charge in [0.2, 0.25) is 5.91 Å². The summed E-state index contributed by atoms with van der Waals surface area (Å²) in [7, 11) is -3.26. The molecule has 0 aliphatic carbocycles. The molecule has 0 radical (unpaired) electrons. The third-order valence-corrected chi connectivity index (χ3v) is 8.77. The molecule has 1 heterocycles. The second kappa shape index (κ2) is 12.2. The van der Waals surface area contributed by atoms with Crippen LogP contribution in [0.15, 0.2) is 53.4 Å². The van der Waals surface area contributed by atoms with E-state index in [1.165, 1.54) is 4.90 Å². The van der Waals surface area contributed by atoms with E-state index in [1.807, 2.05) is 38.1 Å². The van der Waals surface area contributed by atoms with Gasteiger partial charge < -0.3 is 10.1 Å². The van der Waals surface area contributed by atoms with Crippen molar-refractivity contribution in [2.45, 2.75) is 89.4 Å². The number of likely N-dealkylation sites (tertiary alicyclic amines) is 1. The molecule has 0 aromatic heterocycles. The van der Waals surface area contributed by atoms with Crippen molar-refractivity contribution >= 4 is 21.8 Å². The Morgan fingerprint density at radius 1 is 1.05 bits per heavy atom. The molecule has 2 aromatic carbocycles. The van der Waals surface area contributed by atoms with Crippen LogP contribution >= 0.6 is 0 Å². The van der Waals surface area contributed by atoms with Crippen molar-refractivity contribution in [2.75, 3.05) is 5.75 Å². The summed E-state index contributed by atoms with van der Waals surface area (Å²) in [6.07, 6.45) is 1.35. The predicted molar refractivity (Wildman–Crippen MR) is 151 cm³/mol. The smallest absolute Gasteiger partial charge is 0.411 e. The van der Waals surface area contributed by atoms with Crippen LogP contribution in [0.5, 0.6) is 0 Å². The fourth-order valence-electron chi connectivity index (χ4n) is 4.82. The summed E-state index contributed by atoms with van der Waals surface area (Å²) in [6.45, 7) is 10.8. The van der Waals surface area contributed by atoms with E-state index in [-0.39, 0.29) is 23.6 Å². The molecule has 3 rings (SSSR count). The average molecular weight is 554 g/mol. The van der Waals surface area contributed by atoms with Gasteiger partial charge in [0, 0.05) is 12.5 Å². The Hall–Kier alpha value is -3.38. The SMILES string of the molecule is CCS(=O)(=O)c1ccc(-c2ccc(C[C@@H](C#N)NC(=O)[C@@H]3[C@H](C)CC[C@H](C)N3C(=O)OC(C)(C)C)cc2)cc1. The van der Waals surface area contributed by atoms with Crippen LogP contribution in [0.3, 0.4) is 0 Å². The topological polar surface area (TPSA) is 117 Å². The Balaban J connectivity index is 1.70. The van der Waals surface area contributed by atoms with Gasteiger partial charge in [0.05, 0.1) is 16.7 Å². The first-order chi connectivity index (χ1) is 18.3. The number of amides is 2. The number of benzene rings is 2. The van der Waals surface area contributed by atoms with Crippen molar-refractivity contribution < 1.29 is 22.7 Å². The van der Waals surface area contributed by atoms with Crippen molar-refractivity contribution in [1.82, 2.24) is 10.2 Å². The number of sulfone groups is 1. The maximum Gasteiger partial charge on any atom is 0.411 e. The second-order valence-corrected chi connectivity index (χ2v) is 13.5. The third-order valence-electron chi connectivity index (χ3n) is 7.02. The molecular formula is C30H39N3O5S. The summed E-state index contributed by atoms with van der Waals surface area (Å²) in [6, 6.07) is 14.9. The summed E-state index contributed by atoms with van der Waals surface area (Å²) >= 11 is 0. The summed E-state index contributed by atoms with van der Waals surface area (Å²) < 4.78 is 29.7. The third kappa shape index (κ3) is 7.60. The number of nitriles is 1. The van der Waals surface area contributed by atoms with E-state index in [1.54, 1.807) is 52.0 Å². The zero-order chi connectivity index (χ0) is 29.0. The number of rotatable bonds is 7. The molecule has 1 aliphatic heterocycles. The zero-order valence-corrected chi connectivity index (χ0v) is 24.4. The van der Waals surface area contributed by atoms with Gasteiger partial charge in [0.1, 0.15) is 17.7 Å². The van der Waals surface area contributed by atoms with Gasteiger partial charge in [-0.2, -0.15) is 5.26 Å². The summed E-state index contributed by atoms with van der Waals surface area (Å²) in [5.74, 6) is -0.383. The molecule has 210 valence electrons. The summed E-state index contributed by atoms with van der Waals surface area (Å²) in [5.41, 5.74) is 1.97. The minimum absolute atomic E-state index is 0.0510. The number of carbonyl (C=O) groups excluding carboxylic acids is 2. The van der Waals surface area contributed by atoms with Gasteiger partial charge in [-0.15, -0.1) is 0 Å². The molecular weight excluding hydrogens is 514 g/mol. The first kappa shape index (κ1) is 30.2.